The lowest BCUT2D eigenvalue weighted by molar-refractivity contribution is 0.0129. The molecule has 2 atom stereocenters. The molecule has 2 unspecified atom stereocenters. The van der Waals surface area contributed by atoms with Crippen LogP contribution in [0.3, 0.4) is 0 Å². The maximum Gasteiger partial charge on any atom is 0.0945 e. The van der Waals surface area contributed by atoms with Gasteiger partial charge >= 0.3 is 0 Å². The first kappa shape index (κ1) is 10.6. The molecule has 0 saturated carbocycles. The summed E-state index contributed by atoms with van der Waals surface area (Å²) in [5.41, 5.74) is 1.23. The Morgan fingerprint density at radius 3 is 3.20 bits per heavy atom. The van der Waals surface area contributed by atoms with Gasteiger partial charge in [0.05, 0.1) is 18.1 Å². The summed E-state index contributed by atoms with van der Waals surface area (Å²) in [7, 11) is 2.02. The predicted octanol–water partition coefficient (Wildman–Crippen LogP) is 1.08. The number of aryl methyl sites for hydroxylation is 1. The van der Waals surface area contributed by atoms with Crippen LogP contribution in [0.25, 0.3) is 0 Å². The molecular weight excluding hydrogens is 190 g/mol. The van der Waals surface area contributed by atoms with E-state index in [1.165, 1.54) is 5.69 Å². The van der Waals surface area contributed by atoms with Gasteiger partial charge < -0.3 is 14.6 Å². The monoisotopic (exact) mass is 209 g/mol. The number of ether oxygens (including phenoxy) is 1. The van der Waals surface area contributed by atoms with E-state index in [0.717, 1.165) is 26.0 Å². The van der Waals surface area contributed by atoms with Gasteiger partial charge in [0, 0.05) is 32.4 Å². The van der Waals surface area contributed by atoms with Crippen molar-refractivity contribution in [3.8, 4) is 0 Å². The summed E-state index contributed by atoms with van der Waals surface area (Å²) in [6.45, 7) is 3.91. The van der Waals surface area contributed by atoms with Crippen LogP contribution in [0.5, 0.6) is 0 Å². The average molecular weight is 209 g/mol. The van der Waals surface area contributed by atoms with Gasteiger partial charge in [-0.2, -0.15) is 0 Å². The number of nitrogens with zero attached hydrogens (tertiary/aromatic N) is 2. The SMILES string of the molecule is CC1CC(NCc2cncn2C)CCO1. The van der Waals surface area contributed by atoms with Crippen molar-refractivity contribution in [1.29, 1.82) is 0 Å². The summed E-state index contributed by atoms with van der Waals surface area (Å²) in [4.78, 5) is 4.10. The summed E-state index contributed by atoms with van der Waals surface area (Å²) in [5, 5.41) is 3.55. The second kappa shape index (κ2) is 4.77. The largest absolute Gasteiger partial charge is 0.378 e. The normalized spacial score (nSPS) is 26.8. The third-order valence-electron chi connectivity index (χ3n) is 2.97. The number of hydrogen-bond donors (Lipinski definition) is 1. The summed E-state index contributed by atoms with van der Waals surface area (Å²) in [6, 6.07) is 0.587. The highest BCUT2D eigenvalue weighted by Crippen LogP contribution is 2.13. The lowest BCUT2D eigenvalue weighted by Gasteiger charge is -2.28. The van der Waals surface area contributed by atoms with E-state index in [2.05, 4.69) is 21.8 Å². The molecule has 1 N–H and O–H groups in total. The van der Waals surface area contributed by atoms with E-state index in [1.54, 1.807) is 0 Å². The number of rotatable bonds is 3. The van der Waals surface area contributed by atoms with Crippen LogP contribution in [0.2, 0.25) is 0 Å². The Morgan fingerprint density at radius 1 is 1.67 bits per heavy atom. The fourth-order valence-corrected chi connectivity index (χ4v) is 1.99. The number of aromatic nitrogens is 2. The maximum absolute atomic E-state index is 5.51. The molecule has 2 heterocycles. The Balaban J connectivity index is 1.80. The smallest absolute Gasteiger partial charge is 0.0945 e. The van der Waals surface area contributed by atoms with Crippen molar-refractivity contribution in [2.75, 3.05) is 6.61 Å². The van der Waals surface area contributed by atoms with Gasteiger partial charge in [0.15, 0.2) is 0 Å². The molecule has 4 heteroatoms. The van der Waals surface area contributed by atoms with Crippen LogP contribution in [0.4, 0.5) is 0 Å². The first-order chi connectivity index (χ1) is 7.25. The molecule has 84 valence electrons. The van der Waals surface area contributed by atoms with E-state index in [0.29, 0.717) is 12.1 Å². The molecule has 1 fully saturated rings. The molecule has 0 radical (unpaired) electrons. The summed E-state index contributed by atoms with van der Waals surface area (Å²) >= 11 is 0. The molecule has 2 rings (SSSR count). The molecule has 0 spiro atoms. The third-order valence-corrected chi connectivity index (χ3v) is 2.97. The Labute approximate surface area is 90.6 Å². The molecule has 0 aliphatic carbocycles. The van der Waals surface area contributed by atoms with Crippen LogP contribution in [-0.4, -0.2) is 28.3 Å². The van der Waals surface area contributed by atoms with Crippen LogP contribution < -0.4 is 5.32 Å². The van der Waals surface area contributed by atoms with Crippen molar-refractivity contribution in [3.05, 3.63) is 18.2 Å². The molecule has 0 amide bonds. The molecule has 1 aliphatic heterocycles. The van der Waals surface area contributed by atoms with E-state index in [1.807, 2.05) is 19.6 Å². The van der Waals surface area contributed by atoms with E-state index in [4.69, 9.17) is 4.74 Å². The lowest BCUT2D eigenvalue weighted by Crippen LogP contribution is -2.37. The fraction of sp³-hybridized carbons (Fsp3) is 0.727. The topological polar surface area (TPSA) is 39.1 Å². The predicted molar refractivity (Wildman–Crippen MR) is 58.5 cm³/mol. The second-order valence-corrected chi connectivity index (χ2v) is 4.28. The van der Waals surface area contributed by atoms with Gasteiger partial charge in [-0.25, -0.2) is 4.98 Å². The summed E-state index contributed by atoms with van der Waals surface area (Å²) in [5.74, 6) is 0. The maximum atomic E-state index is 5.51. The molecule has 0 bridgehead atoms. The zero-order valence-electron chi connectivity index (χ0n) is 9.44. The molecular formula is C11H19N3O. The molecule has 4 nitrogen and oxygen atoms in total. The quantitative estimate of drug-likeness (QED) is 0.809. The standard InChI is InChI=1S/C11H19N3O/c1-9-5-10(3-4-15-9)13-7-11-6-12-8-14(11)2/h6,8-10,13H,3-5,7H2,1-2H3. The third kappa shape index (κ3) is 2.79. The Kier molecular flexibility index (Phi) is 3.38. The van der Waals surface area contributed by atoms with Gasteiger partial charge in [0.1, 0.15) is 0 Å². The van der Waals surface area contributed by atoms with Gasteiger partial charge in [0.2, 0.25) is 0 Å². The van der Waals surface area contributed by atoms with E-state index < -0.39 is 0 Å². The fourth-order valence-electron chi connectivity index (χ4n) is 1.99. The molecule has 0 aromatic carbocycles. The molecule has 1 saturated heterocycles. The first-order valence-corrected chi connectivity index (χ1v) is 5.56. The van der Waals surface area contributed by atoms with Crippen molar-refractivity contribution in [3.63, 3.8) is 0 Å². The number of nitrogens with one attached hydrogen (secondary N) is 1. The summed E-state index contributed by atoms with van der Waals surface area (Å²) in [6.07, 6.45) is 6.36. The van der Waals surface area contributed by atoms with Crippen molar-refractivity contribution in [2.45, 2.75) is 38.5 Å². The van der Waals surface area contributed by atoms with E-state index in [-0.39, 0.29) is 0 Å². The van der Waals surface area contributed by atoms with Gasteiger partial charge in [0.25, 0.3) is 0 Å². The van der Waals surface area contributed by atoms with Gasteiger partial charge in [-0.05, 0) is 19.8 Å². The Morgan fingerprint density at radius 2 is 2.53 bits per heavy atom. The molecule has 1 aromatic heterocycles. The Bertz CT molecular complexity index is 311. The van der Waals surface area contributed by atoms with E-state index >= 15 is 0 Å². The second-order valence-electron chi connectivity index (χ2n) is 4.28. The van der Waals surface area contributed by atoms with Crippen molar-refractivity contribution in [2.24, 2.45) is 7.05 Å². The van der Waals surface area contributed by atoms with Crippen LogP contribution in [0.1, 0.15) is 25.5 Å². The zero-order valence-corrected chi connectivity index (χ0v) is 9.44. The minimum atomic E-state index is 0.391. The van der Waals surface area contributed by atoms with Crippen LogP contribution in [0, 0.1) is 0 Å². The molecule has 1 aromatic rings. The average Bonchev–Trinajstić information content (AvgIpc) is 2.61. The highest BCUT2D eigenvalue weighted by Gasteiger charge is 2.18. The minimum absolute atomic E-state index is 0.391. The Hall–Kier alpha value is -0.870. The highest BCUT2D eigenvalue weighted by molar-refractivity contribution is 4.97. The van der Waals surface area contributed by atoms with Gasteiger partial charge in [-0.15, -0.1) is 0 Å². The van der Waals surface area contributed by atoms with Crippen LogP contribution in [0.15, 0.2) is 12.5 Å². The van der Waals surface area contributed by atoms with E-state index in [9.17, 15) is 0 Å². The number of hydrogen-bond acceptors (Lipinski definition) is 3. The molecule has 15 heavy (non-hydrogen) atoms. The molecule has 1 aliphatic rings. The first-order valence-electron chi connectivity index (χ1n) is 5.56. The lowest BCUT2D eigenvalue weighted by atomic mass is 10.0. The van der Waals surface area contributed by atoms with Gasteiger partial charge in [-0.3, -0.25) is 0 Å². The van der Waals surface area contributed by atoms with Crippen LogP contribution in [-0.2, 0) is 18.3 Å². The van der Waals surface area contributed by atoms with Crippen molar-refractivity contribution >= 4 is 0 Å². The highest BCUT2D eigenvalue weighted by atomic mass is 16.5. The van der Waals surface area contributed by atoms with Crippen LogP contribution >= 0.6 is 0 Å². The van der Waals surface area contributed by atoms with Crippen molar-refractivity contribution < 1.29 is 4.74 Å². The minimum Gasteiger partial charge on any atom is -0.378 e. The van der Waals surface area contributed by atoms with Crippen molar-refractivity contribution in [1.82, 2.24) is 14.9 Å². The zero-order chi connectivity index (χ0) is 10.7. The van der Waals surface area contributed by atoms with Gasteiger partial charge in [-0.1, -0.05) is 0 Å². The summed E-state index contributed by atoms with van der Waals surface area (Å²) < 4.78 is 7.56. The number of imidazole rings is 1.